The number of hydrogen-bond acceptors (Lipinski definition) is 1. The predicted molar refractivity (Wildman–Crippen MR) is 61.3 cm³/mol. The molecule has 2 aliphatic carbocycles. The van der Waals surface area contributed by atoms with Crippen LogP contribution < -0.4 is 5.32 Å². The lowest BCUT2D eigenvalue weighted by Gasteiger charge is -2.15. The van der Waals surface area contributed by atoms with Crippen LogP contribution in [0.25, 0.3) is 0 Å². The number of rotatable bonds is 3. The summed E-state index contributed by atoms with van der Waals surface area (Å²) in [5.41, 5.74) is 3.04. The third-order valence-corrected chi connectivity index (χ3v) is 3.33. The Labute approximate surface area is 87.3 Å². The van der Waals surface area contributed by atoms with Crippen LogP contribution in [0.3, 0.4) is 0 Å². The van der Waals surface area contributed by atoms with Gasteiger partial charge in [-0.25, -0.2) is 0 Å². The number of nitrogens with one attached hydrogen (secondary N) is 1. The first-order chi connectivity index (χ1) is 6.84. The van der Waals surface area contributed by atoms with Gasteiger partial charge in [-0.05, 0) is 38.2 Å². The highest BCUT2D eigenvalue weighted by Crippen LogP contribution is 2.19. The summed E-state index contributed by atoms with van der Waals surface area (Å²) < 4.78 is 0. The fraction of sp³-hybridized carbons (Fsp3) is 0.692. The Hall–Kier alpha value is -0.560. The van der Waals surface area contributed by atoms with Crippen molar-refractivity contribution in [3.05, 3.63) is 23.3 Å². The number of hydrogen-bond donors (Lipinski definition) is 1. The molecule has 1 nitrogen and oxygen atoms in total. The second-order valence-electron chi connectivity index (χ2n) is 4.67. The van der Waals surface area contributed by atoms with Crippen molar-refractivity contribution in [2.75, 3.05) is 6.54 Å². The molecule has 0 heterocycles. The lowest BCUT2D eigenvalue weighted by molar-refractivity contribution is 0.550. The molecule has 0 saturated heterocycles. The smallest absolute Gasteiger partial charge is 0.0204 e. The molecule has 2 aliphatic rings. The zero-order chi connectivity index (χ0) is 9.80. The van der Waals surface area contributed by atoms with Crippen molar-refractivity contribution in [1.82, 2.24) is 5.32 Å². The Bertz CT molecular complexity index is 244. The minimum Gasteiger partial charge on any atom is -0.310 e. The van der Waals surface area contributed by atoms with Crippen molar-refractivity contribution in [2.45, 2.75) is 51.5 Å². The van der Waals surface area contributed by atoms with Gasteiger partial charge in [0.2, 0.25) is 0 Å². The topological polar surface area (TPSA) is 12.0 Å². The van der Waals surface area contributed by atoms with Crippen molar-refractivity contribution in [3.63, 3.8) is 0 Å². The standard InChI is InChI=1S/C13H21N/c1-11-5-4-6-12(9-11)10-14-13-7-2-3-8-13/h6,9,13-14H,2-5,7-8,10H2,1H3. The van der Waals surface area contributed by atoms with E-state index in [1.165, 1.54) is 49.7 Å². The molecule has 1 fully saturated rings. The summed E-state index contributed by atoms with van der Waals surface area (Å²) in [5, 5.41) is 3.66. The molecule has 1 N–H and O–H groups in total. The zero-order valence-corrected chi connectivity index (χ0v) is 9.18. The Morgan fingerprint density at radius 2 is 2.14 bits per heavy atom. The Morgan fingerprint density at radius 3 is 2.86 bits per heavy atom. The highest BCUT2D eigenvalue weighted by atomic mass is 14.9. The summed E-state index contributed by atoms with van der Waals surface area (Å²) in [6, 6.07) is 0.798. The lowest BCUT2D eigenvalue weighted by atomic mass is 10.0. The Kier molecular flexibility index (Phi) is 3.41. The lowest BCUT2D eigenvalue weighted by Crippen LogP contribution is -2.27. The molecule has 1 saturated carbocycles. The zero-order valence-electron chi connectivity index (χ0n) is 9.18. The molecule has 2 rings (SSSR count). The molecule has 78 valence electrons. The van der Waals surface area contributed by atoms with Gasteiger partial charge in [0.1, 0.15) is 0 Å². The van der Waals surface area contributed by atoms with E-state index in [2.05, 4.69) is 24.4 Å². The van der Waals surface area contributed by atoms with E-state index >= 15 is 0 Å². The van der Waals surface area contributed by atoms with Gasteiger partial charge in [-0.1, -0.05) is 30.6 Å². The van der Waals surface area contributed by atoms with Gasteiger partial charge in [0.15, 0.2) is 0 Å². The van der Waals surface area contributed by atoms with E-state index in [9.17, 15) is 0 Å². The van der Waals surface area contributed by atoms with Crippen LogP contribution >= 0.6 is 0 Å². The average molecular weight is 191 g/mol. The third-order valence-electron chi connectivity index (χ3n) is 3.33. The normalized spacial score (nSPS) is 23.5. The molecule has 0 atom stereocenters. The van der Waals surface area contributed by atoms with Crippen LogP contribution in [0.15, 0.2) is 23.3 Å². The summed E-state index contributed by atoms with van der Waals surface area (Å²) in [5.74, 6) is 0. The van der Waals surface area contributed by atoms with Gasteiger partial charge < -0.3 is 5.32 Å². The first kappa shape index (κ1) is 9.97. The van der Waals surface area contributed by atoms with E-state index < -0.39 is 0 Å². The van der Waals surface area contributed by atoms with Crippen LogP contribution in [-0.4, -0.2) is 12.6 Å². The minimum atomic E-state index is 0.798. The van der Waals surface area contributed by atoms with E-state index in [0.717, 1.165) is 12.6 Å². The van der Waals surface area contributed by atoms with Crippen molar-refractivity contribution >= 4 is 0 Å². The second-order valence-corrected chi connectivity index (χ2v) is 4.67. The van der Waals surface area contributed by atoms with Gasteiger partial charge in [0.05, 0.1) is 0 Å². The van der Waals surface area contributed by atoms with Gasteiger partial charge >= 0.3 is 0 Å². The quantitative estimate of drug-likeness (QED) is 0.722. The van der Waals surface area contributed by atoms with Crippen LogP contribution in [0.4, 0.5) is 0 Å². The van der Waals surface area contributed by atoms with Crippen LogP contribution in [0, 0.1) is 0 Å². The summed E-state index contributed by atoms with van der Waals surface area (Å²) >= 11 is 0. The molecular weight excluding hydrogens is 170 g/mol. The van der Waals surface area contributed by atoms with E-state index in [1.807, 2.05) is 0 Å². The van der Waals surface area contributed by atoms with Crippen LogP contribution in [-0.2, 0) is 0 Å². The monoisotopic (exact) mass is 191 g/mol. The average Bonchev–Trinajstić information content (AvgIpc) is 2.67. The minimum absolute atomic E-state index is 0.798. The van der Waals surface area contributed by atoms with E-state index in [0.29, 0.717) is 0 Å². The highest BCUT2D eigenvalue weighted by Gasteiger charge is 2.14. The van der Waals surface area contributed by atoms with Gasteiger partial charge in [0.25, 0.3) is 0 Å². The molecule has 0 radical (unpaired) electrons. The molecule has 0 spiro atoms. The largest absolute Gasteiger partial charge is 0.310 e. The van der Waals surface area contributed by atoms with Gasteiger partial charge in [0, 0.05) is 12.6 Å². The molecule has 0 aliphatic heterocycles. The maximum atomic E-state index is 3.66. The predicted octanol–water partition coefficient (Wildman–Crippen LogP) is 3.19. The van der Waals surface area contributed by atoms with Crippen molar-refractivity contribution in [1.29, 1.82) is 0 Å². The maximum Gasteiger partial charge on any atom is 0.0204 e. The van der Waals surface area contributed by atoms with Gasteiger partial charge in [-0.2, -0.15) is 0 Å². The van der Waals surface area contributed by atoms with E-state index in [-0.39, 0.29) is 0 Å². The van der Waals surface area contributed by atoms with Crippen molar-refractivity contribution in [3.8, 4) is 0 Å². The molecule has 0 aromatic carbocycles. The Balaban J connectivity index is 1.77. The SMILES string of the molecule is CC1=CC(CNC2CCCC2)=CCC1. The van der Waals surface area contributed by atoms with Crippen LogP contribution in [0.1, 0.15) is 45.4 Å². The molecule has 0 aromatic rings. The molecule has 0 aromatic heterocycles. The first-order valence-electron chi connectivity index (χ1n) is 5.94. The first-order valence-corrected chi connectivity index (χ1v) is 5.94. The van der Waals surface area contributed by atoms with Gasteiger partial charge in [-0.15, -0.1) is 0 Å². The van der Waals surface area contributed by atoms with E-state index in [1.54, 1.807) is 0 Å². The van der Waals surface area contributed by atoms with Gasteiger partial charge in [-0.3, -0.25) is 0 Å². The summed E-state index contributed by atoms with van der Waals surface area (Å²) in [7, 11) is 0. The molecule has 1 heteroatoms. The van der Waals surface area contributed by atoms with Crippen LogP contribution in [0.2, 0.25) is 0 Å². The molecule has 0 amide bonds. The van der Waals surface area contributed by atoms with Crippen molar-refractivity contribution in [2.24, 2.45) is 0 Å². The number of allylic oxidation sites excluding steroid dienone is 2. The van der Waals surface area contributed by atoms with E-state index in [4.69, 9.17) is 0 Å². The fourth-order valence-electron chi connectivity index (χ4n) is 2.45. The highest BCUT2D eigenvalue weighted by molar-refractivity contribution is 5.27. The summed E-state index contributed by atoms with van der Waals surface area (Å²) in [6.07, 6.45) is 12.8. The fourth-order valence-corrected chi connectivity index (χ4v) is 2.45. The van der Waals surface area contributed by atoms with Crippen LogP contribution in [0.5, 0.6) is 0 Å². The molecular formula is C13H21N. The summed E-state index contributed by atoms with van der Waals surface area (Å²) in [6.45, 7) is 3.32. The van der Waals surface area contributed by atoms with Crippen molar-refractivity contribution < 1.29 is 0 Å². The molecule has 0 bridgehead atoms. The Morgan fingerprint density at radius 1 is 1.36 bits per heavy atom. The third kappa shape index (κ3) is 2.71. The maximum absolute atomic E-state index is 3.66. The second kappa shape index (κ2) is 4.79. The summed E-state index contributed by atoms with van der Waals surface area (Å²) in [4.78, 5) is 0. The molecule has 0 unspecified atom stereocenters. The molecule has 14 heavy (non-hydrogen) atoms.